The van der Waals surface area contributed by atoms with Crippen molar-refractivity contribution >= 4 is 12.3 Å². The first kappa shape index (κ1) is 17.9. The van der Waals surface area contributed by atoms with E-state index in [-0.39, 0.29) is 30.5 Å². The zero-order valence-electron chi connectivity index (χ0n) is 12.3. The molecule has 0 radical (unpaired) electrons. The first-order valence-electron chi connectivity index (χ1n) is 7.30. The molecule has 3 N–H and O–H groups in total. The van der Waals surface area contributed by atoms with E-state index in [1.807, 2.05) is 13.8 Å². The number of rotatable bonds is 7. The number of hydrogen-bond donors (Lipinski definition) is 3. The topological polar surface area (TPSA) is 78.4 Å². The highest BCUT2D eigenvalue weighted by Gasteiger charge is 2.26. The maximum atomic E-state index is 11.9. The minimum atomic E-state index is -0.312. The van der Waals surface area contributed by atoms with Gasteiger partial charge in [0.1, 0.15) is 0 Å². The molecule has 1 saturated carbocycles. The van der Waals surface area contributed by atoms with E-state index >= 15 is 0 Å². The number of carbonyl (C=O) groups excluding carboxylic acids is 2. The zero-order valence-corrected chi connectivity index (χ0v) is 12.3. The standard InChI is InChI=1S/C12H22N2O3.C2H6/c1-9(11(6-7-15)13-8-16)12(17)14-10-4-2-3-5-10;1-2/h8-11,15H,2-7H2,1H3,(H,13,16)(H,14,17);1-2H3. The van der Waals surface area contributed by atoms with E-state index in [2.05, 4.69) is 10.6 Å². The van der Waals surface area contributed by atoms with E-state index in [9.17, 15) is 9.59 Å². The van der Waals surface area contributed by atoms with E-state index in [1.165, 1.54) is 12.8 Å². The number of hydrogen-bond acceptors (Lipinski definition) is 3. The highest BCUT2D eigenvalue weighted by atomic mass is 16.3. The Bertz CT molecular complexity index is 253. The van der Waals surface area contributed by atoms with Gasteiger partial charge in [0.2, 0.25) is 12.3 Å². The lowest BCUT2D eigenvalue weighted by Gasteiger charge is -2.23. The molecule has 2 unspecified atom stereocenters. The number of nitrogens with one attached hydrogen (secondary N) is 2. The average Bonchev–Trinajstić information content (AvgIpc) is 2.93. The van der Waals surface area contributed by atoms with Crippen molar-refractivity contribution in [2.75, 3.05) is 6.61 Å². The van der Waals surface area contributed by atoms with E-state index in [0.717, 1.165) is 12.8 Å². The summed E-state index contributed by atoms with van der Waals surface area (Å²) in [6, 6.07) is -0.00476. The fourth-order valence-corrected chi connectivity index (χ4v) is 2.29. The quantitative estimate of drug-likeness (QED) is 0.609. The van der Waals surface area contributed by atoms with Gasteiger partial charge in [-0.3, -0.25) is 9.59 Å². The number of carbonyl (C=O) groups is 2. The Balaban J connectivity index is 0.00000154. The molecule has 2 atom stereocenters. The summed E-state index contributed by atoms with van der Waals surface area (Å²) in [5.41, 5.74) is 0. The van der Waals surface area contributed by atoms with Gasteiger partial charge >= 0.3 is 0 Å². The summed E-state index contributed by atoms with van der Waals surface area (Å²) in [5, 5.41) is 14.5. The molecule has 0 aromatic carbocycles. The van der Waals surface area contributed by atoms with Crippen LogP contribution in [0.15, 0.2) is 0 Å². The maximum Gasteiger partial charge on any atom is 0.225 e. The van der Waals surface area contributed by atoms with E-state index in [4.69, 9.17) is 5.11 Å². The molecule has 1 fully saturated rings. The van der Waals surface area contributed by atoms with Crippen LogP contribution in [-0.2, 0) is 9.59 Å². The summed E-state index contributed by atoms with van der Waals surface area (Å²) in [6.45, 7) is 5.74. The summed E-state index contributed by atoms with van der Waals surface area (Å²) in [5.74, 6) is -0.349. The van der Waals surface area contributed by atoms with Crippen molar-refractivity contribution in [3.05, 3.63) is 0 Å². The Morgan fingerprint density at radius 1 is 1.37 bits per heavy atom. The third-order valence-corrected chi connectivity index (χ3v) is 3.44. The molecule has 5 nitrogen and oxygen atoms in total. The van der Waals surface area contributed by atoms with Gasteiger partial charge in [0.05, 0.1) is 5.92 Å². The molecular weight excluding hydrogens is 244 g/mol. The molecule has 1 aliphatic rings. The lowest BCUT2D eigenvalue weighted by atomic mass is 9.98. The van der Waals surface area contributed by atoms with Crippen LogP contribution >= 0.6 is 0 Å². The molecule has 2 amide bonds. The molecule has 112 valence electrons. The molecule has 0 heterocycles. The summed E-state index contributed by atoms with van der Waals surface area (Å²) in [6.07, 6.45) is 5.42. The van der Waals surface area contributed by atoms with Gasteiger partial charge in [0, 0.05) is 18.7 Å². The second-order valence-electron chi connectivity index (χ2n) is 4.68. The monoisotopic (exact) mass is 272 g/mol. The first-order valence-corrected chi connectivity index (χ1v) is 7.30. The van der Waals surface area contributed by atoms with Crippen LogP contribution in [0.4, 0.5) is 0 Å². The van der Waals surface area contributed by atoms with E-state index < -0.39 is 0 Å². The first-order chi connectivity index (χ1) is 9.19. The van der Waals surface area contributed by atoms with Crippen LogP contribution in [-0.4, -0.2) is 36.1 Å². The predicted octanol–water partition coefficient (Wildman–Crippen LogP) is 1.20. The fourth-order valence-electron chi connectivity index (χ4n) is 2.29. The molecule has 5 heteroatoms. The van der Waals surface area contributed by atoms with Gasteiger partial charge in [0.15, 0.2) is 0 Å². The van der Waals surface area contributed by atoms with Crippen molar-refractivity contribution in [2.45, 2.75) is 65.0 Å². The maximum absolute atomic E-state index is 11.9. The Morgan fingerprint density at radius 2 is 1.95 bits per heavy atom. The summed E-state index contributed by atoms with van der Waals surface area (Å²) < 4.78 is 0. The minimum Gasteiger partial charge on any atom is -0.396 e. The van der Waals surface area contributed by atoms with Crippen LogP contribution in [0.25, 0.3) is 0 Å². The van der Waals surface area contributed by atoms with Crippen LogP contribution < -0.4 is 10.6 Å². The number of amides is 2. The second-order valence-corrected chi connectivity index (χ2v) is 4.68. The van der Waals surface area contributed by atoms with Crippen molar-refractivity contribution in [3.63, 3.8) is 0 Å². The van der Waals surface area contributed by atoms with Gasteiger partial charge in [-0.05, 0) is 19.3 Å². The van der Waals surface area contributed by atoms with Crippen molar-refractivity contribution in [3.8, 4) is 0 Å². The van der Waals surface area contributed by atoms with Gasteiger partial charge < -0.3 is 15.7 Å². The lowest BCUT2D eigenvalue weighted by molar-refractivity contribution is -0.126. The van der Waals surface area contributed by atoms with Crippen LogP contribution in [0.2, 0.25) is 0 Å². The van der Waals surface area contributed by atoms with Gasteiger partial charge in [0.25, 0.3) is 0 Å². The Morgan fingerprint density at radius 3 is 2.42 bits per heavy atom. The van der Waals surface area contributed by atoms with Crippen molar-refractivity contribution in [2.24, 2.45) is 5.92 Å². The molecule has 0 bridgehead atoms. The van der Waals surface area contributed by atoms with E-state index in [1.54, 1.807) is 6.92 Å². The molecule has 1 aliphatic carbocycles. The van der Waals surface area contributed by atoms with Crippen LogP contribution in [0, 0.1) is 5.92 Å². The van der Waals surface area contributed by atoms with Crippen LogP contribution in [0.1, 0.15) is 52.9 Å². The molecular formula is C14H28N2O3. The minimum absolute atomic E-state index is 0.0352. The molecule has 0 aromatic rings. The average molecular weight is 272 g/mol. The second kappa shape index (κ2) is 10.8. The predicted molar refractivity (Wildman–Crippen MR) is 75.6 cm³/mol. The molecule has 0 aromatic heterocycles. The van der Waals surface area contributed by atoms with Gasteiger partial charge in [-0.2, -0.15) is 0 Å². The third-order valence-electron chi connectivity index (χ3n) is 3.44. The van der Waals surface area contributed by atoms with Crippen LogP contribution in [0.5, 0.6) is 0 Å². The largest absolute Gasteiger partial charge is 0.396 e. The summed E-state index contributed by atoms with van der Waals surface area (Å²) in [7, 11) is 0. The molecule has 0 aliphatic heterocycles. The molecule has 1 rings (SSSR count). The van der Waals surface area contributed by atoms with Crippen LogP contribution in [0.3, 0.4) is 0 Å². The number of aliphatic hydroxyl groups excluding tert-OH is 1. The Labute approximate surface area is 116 Å². The van der Waals surface area contributed by atoms with Gasteiger partial charge in [-0.1, -0.05) is 33.6 Å². The zero-order chi connectivity index (χ0) is 14.7. The molecule has 0 spiro atoms. The van der Waals surface area contributed by atoms with Crippen molar-refractivity contribution in [1.29, 1.82) is 0 Å². The Kier molecular flexibility index (Phi) is 10.2. The van der Waals surface area contributed by atoms with Gasteiger partial charge in [-0.15, -0.1) is 0 Å². The Hall–Kier alpha value is -1.10. The normalized spacial score (nSPS) is 17.9. The lowest BCUT2D eigenvalue weighted by Crippen LogP contribution is -2.45. The number of aliphatic hydroxyl groups is 1. The van der Waals surface area contributed by atoms with Gasteiger partial charge in [-0.25, -0.2) is 0 Å². The van der Waals surface area contributed by atoms with E-state index in [0.29, 0.717) is 12.8 Å². The summed E-state index contributed by atoms with van der Waals surface area (Å²) >= 11 is 0. The summed E-state index contributed by atoms with van der Waals surface area (Å²) in [4.78, 5) is 22.4. The SMILES string of the molecule is CC.CC(C(=O)NC1CCCC1)C(CCO)NC=O. The smallest absolute Gasteiger partial charge is 0.225 e. The molecule has 19 heavy (non-hydrogen) atoms. The molecule has 0 saturated heterocycles. The van der Waals surface area contributed by atoms with Crippen molar-refractivity contribution < 1.29 is 14.7 Å². The van der Waals surface area contributed by atoms with Crippen molar-refractivity contribution in [1.82, 2.24) is 10.6 Å². The fraction of sp³-hybridized carbons (Fsp3) is 0.857. The highest BCUT2D eigenvalue weighted by molar-refractivity contribution is 5.79. The highest BCUT2D eigenvalue weighted by Crippen LogP contribution is 2.18. The third kappa shape index (κ3) is 6.57.